The Morgan fingerprint density at radius 3 is 2.70 bits per heavy atom. The zero-order chi connectivity index (χ0) is 14.7. The van der Waals surface area contributed by atoms with Gasteiger partial charge in [0.2, 0.25) is 0 Å². The Balaban J connectivity index is 2.02. The Morgan fingerprint density at radius 2 is 2.10 bits per heavy atom. The number of carbonyl (C=O) groups excluding carboxylic acids is 3. The minimum absolute atomic E-state index is 0.286. The lowest BCUT2D eigenvalue weighted by atomic mass is 10.2. The van der Waals surface area contributed by atoms with Crippen molar-refractivity contribution in [3.63, 3.8) is 0 Å². The molecule has 0 spiro atoms. The predicted octanol–water partition coefficient (Wildman–Crippen LogP) is 1.55. The molecule has 0 saturated carbocycles. The van der Waals surface area contributed by atoms with Crippen LogP contribution in [-0.2, 0) is 9.53 Å². The number of hydrogen-bond donors (Lipinski definition) is 1. The van der Waals surface area contributed by atoms with Crippen molar-refractivity contribution in [3.8, 4) is 0 Å². The number of imide groups is 1. The lowest BCUT2D eigenvalue weighted by molar-refractivity contribution is -0.136. The smallest absolute Gasteiger partial charge is 0.340 e. The molecule has 1 saturated heterocycles. The summed E-state index contributed by atoms with van der Waals surface area (Å²) >= 11 is 3.24. The molecule has 2 rings (SSSR count). The highest BCUT2D eigenvalue weighted by Gasteiger charge is 2.31. The van der Waals surface area contributed by atoms with Gasteiger partial charge in [-0.05, 0) is 35.0 Å². The van der Waals surface area contributed by atoms with Crippen LogP contribution in [0.3, 0.4) is 0 Å². The highest BCUT2D eigenvalue weighted by molar-refractivity contribution is 9.10. The number of rotatable bonds is 3. The first-order valence-electron chi connectivity index (χ1n) is 6.05. The number of ether oxygens (including phenoxy) is 1. The maximum atomic E-state index is 12.0. The van der Waals surface area contributed by atoms with E-state index in [4.69, 9.17) is 4.74 Å². The van der Waals surface area contributed by atoms with Crippen molar-refractivity contribution in [1.29, 1.82) is 0 Å². The third-order valence-corrected chi connectivity index (χ3v) is 3.54. The van der Waals surface area contributed by atoms with Crippen LogP contribution in [0.25, 0.3) is 0 Å². The van der Waals surface area contributed by atoms with Crippen molar-refractivity contribution in [1.82, 2.24) is 10.2 Å². The molecule has 1 unspecified atom stereocenters. The van der Waals surface area contributed by atoms with E-state index in [0.717, 1.165) is 4.90 Å². The molecular weight excluding hydrogens is 328 g/mol. The number of amides is 3. The molecule has 1 aromatic carbocycles. The van der Waals surface area contributed by atoms with E-state index >= 15 is 0 Å². The molecule has 1 aliphatic heterocycles. The fourth-order valence-electron chi connectivity index (χ4n) is 1.80. The normalized spacial score (nSPS) is 15.7. The second-order valence-electron chi connectivity index (χ2n) is 4.25. The van der Waals surface area contributed by atoms with Crippen LogP contribution in [-0.4, -0.2) is 42.0 Å². The summed E-state index contributed by atoms with van der Waals surface area (Å²) in [5.41, 5.74) is 0.332. The van der Waals surface area contributed by atoms with Gasteiger partial charge in [-0.3, -0.25) is 9.69 Å². The van der Waals surface area contributed by atoms with Gasteiger partial charge >= 0.3 is 12.0 Å². The summed E-state index contributed by atoms with van der Waals surface area (Å²) in [5, 5.41) is 2.52. The summed E-state index contributed by atoms with van der Waals surface area (Å²) in [6.45, 7) is 2.15. The highest BCUT2D eigenvalue weighted by atomic mass is 79.9. The first-order chi connectivity index (χ1) is 9.50. The van der Waals surface area contributed by atoms with Gasteiger partial charge in [0.1, 0.15) is 0 Å². The van der Waals surface area contributed by atoms with Gasteiger partial charge in [0, 0.05) is 17.6 Å². The topological polar surface area (TPSA) is 75.7 Å². The van der Waals surface area contributed by atoms with Crippen molar-refractivity contribution in [2.45, 2.75) is 13.0 Å². The molecule has 0 bridgehead atoms. The third kappa shape index (κ3) is 2.98. The molecular formula is C13H13BrN2O4. The Labute approximate surface area is 124 Å². The van der Waals surface area contributed by atoms with Gasteiger partial charge < -0.3 is 10.1 Å². The van der Waals surface area contributed by atoms with Crippen LogP contribution in [0.15, 0.2) is 28.7 Å². The van der Waals surface area contributed by atoms with E-state index in [-0.39, 0.29) is 6.54 Å². The molecule has 0 aliphatic carbocycles. The Kier molecular flexibility index (Phi) is 4.39. The summed E-state index contributed by atoms with van der Waals surface area (Å²) < 4.78 is 5.69. The minimum Gasteiger partial charge on any atom is -0.449 e. The van der Waals surface area contributed by atoms with Crippen LogP contribution in [0.4, 0.5) is 4.79 Å². The monoisotopic (exact) mass is 340 g/mol. The Morgan fingerprint density at radius 1 is 1.40 bits per heavy atom. The van der Waals surface area contributed by atoms with Crippen LogP contribution >= 0.6 is 15.9 Å². The first-order valence-corrected chi connectivity index (χ1v) is 6.84. The number of benzene rings is 1. The number of urea groups is 1. The molecule has 106 valence electrons. The standard InChI is InChI=1S/C13H13BrN2O4/c1-8(11(17)16-7-6-15-13(16)19)20-12(18)9-4-2-3-5-10(9)14/h2-5,8H,6-7H2,1H3,(H,15,19). The molecule has 0 radical (unpaired) electrons. The number of esters is 1. The van der Waals surface area contributed by atoms with Crippen LogP contribution < -0.4 is 5.32 Å². The molecule has 6 nitrogen and oxygen atoms in total. The molecule has 1 aromatic rings. The summed E-state index contributed by atoms with van der Waals surface area (Å²) in [7, 11) is 0. The fraction of sp³-hybridized carbons (Fsp3) is 0.308. The molecule has 1 heterocycles. The number of carbonyl (C=O) groups is 3. The molecule has 20 heavy (non-hydrogen) atoms. The van der Waals surface area contributed by atoms with Crippen molar-refractivity contribution >= 4 is 33.8 Å². The maximum absolute atomic E-state index is 12.0. The summed E-state index contributed by atoms with van der Waals surface area (Å²) in [6, 6.07) is 6.30. The van der Waals surface area contributed by atoms with E-state index in [1.807, 2.05) is 0 Å². The van der Waals surface area contributed by atoms with Crippen molar-refractivity contribution in [2.24, 2.45) is 0 Å². The van der Waals surface area contributed by atoms with Crippen LogP contribution in [0.1, 0.15) is 17.3 Å². The zero-order valence-corrected chi connectivity index (χ0v) is 12.3. The van der Waals surface area contributed by atoms with Gasteiger partial charge in [0.25, 0.3) is 5.91 Å². The van der Waals surface area contributed by atoms with Gasteiger partial charge in [-0.25, -0.2) is 9.59 Å². The second kappa shape index (κ2) is 6.04. The number of halogens is 1. The lowest BCUT2D eigenvalue weighted by Crippen LogP contribution is -2.41. The Bertz CT molecular complexity index is 561. The number of nitrogens with one attached hydrogen (secondary N) is 1. The molecule has 0 aromatic heterocycles. The van der Waals surface area contributed by atoms with Crippen LogP contribution in [0.5, 0.6) is 0 Å². The largest absolute Gasteiger partial charge is 0.449 e. The minimum atomic E-state index is -1.02. The highest BCUT2D eigenvalue weighted by Crippen LogP contribution is 2.17. The van der Waals surface area contributed by atoms with Crippen molar-refractivity contribution in [3.05, 3.63) is 34.3 Å². The molecule has 7 heteroatoms. The van der Waals surface area contributed by atoms with Gasteiger partial charge in [-0.15, -0.1) is 0 Å². The average Bonchev–Trinajstić information content (AvgIpc) is 2.84. The molecule has 1 fully saturated rings. The lowest BCUT2D eigenvalue weighted by Gasteiger charge is -2.18. The molecule has 1 atom stereocenters. The van der Waals surface area contributed by atoms with Gasteiger partial charge in [-0.2, -0.15) is 0 Å². The summed E-state index contributed by atoms with van der Waals surface area (Å²) in [4.78, 5) is 36.4. The van der Waals surface area contributed by atoms with Gasteiger partial charge in [-0.1, -0.05) is 12.1 Å². The maximum Gasteiger partial charge on any atom is 0.340 e. The van der Waals surface area contributed by atoms with E-state index in [1.165, 1.54) is 6.92 Å². The Hall–Kier alpha value is -1.89. The molecule has 1 aliphatic rings. The number of nitrogens with zero attached hydrogens (tertiary/aromatic N) is 1. The average molecular weight is 341 g/mol. The van der Waals surface area contributed by atoms with Crippen molar-refractivity contribution < 1.29 is 19.1 Å². The fourth-order valence-corrected chi connectivity index (χ4v) is 2.25. The van der Waals surface area contributed by atoms with Gasteiger partial charge in [0.15, 0.2) is 6.10 Å². The SMILES string of the molecule is CC(OC(=O)c1ccccc1Br)C(=O)N1CCNC1=O. The molecule has 3 amide bonds. The summed E-state index contributed by atoms with van der Waals surface area (Å²) in [5.74, 6) is -1.14. The van der Waals surface area contributed by atoms with E-state index in [2.05, 4.69) is 21.2 Å². The van der Waals surface area contributed by atoms with Crippen molar-refractivity contribution in [2.75, 3.05) is 13.1 Å². The van der Waals surface area contributed by atoms with E-state index < -0.39 is 24.0 Å². The summed E-state index contributed by atoms with van der Waals surface area (Å²) in [6.07, 6.45) is -1.02. The van der Waals surface area contributed by atoms with E-state index in [1.54, 1.807) is 24.3 Å². The first kappa shape index (κ1) is 14.5. The second-order valence-corrected chi connectivity index (χ2v) is 5.10. The third-order valence-electron chi connectivity index (χ3n) is 2.85. The molecule has 1 N–H and O–H groups in total. The van der Waals surface area contributed by atoms with E-state index in [9.17, 15) is 14.4 Å². The zero-order valence-electron chi connectivity index (χ0n) is 10.8. The van der Waals surface area contributed by atoms with Crippen LogP contribution in [0.2, 0.25) is 0 Å². The predicted molar refractivity (Wildman–Crippen MR) is 74.1 cm³/mol. The quantitative estimate of drug-likeness (QED) is 0.847. The number of hydrogen-bond acceptors (Lipinski definition) is 4. The van der Waals surface area contributed by atoms with Gasteiger partial charge in [0.05, 0.1) is 5.56 Å². The van der Waals surface area contributed by atoms with Crippen LogP contribution in [0, 0.1) is 0 Å². The van der Waals surface area contributed by atoms with E-state index in [0.29, 0.717) is 16.6 Å².